The zero-order valence-corrected chi connectivity index (χ0v) is 10.9. The van der Waals surface area contributed by atoms with Crippen LogP contribution in [0.3, 0.4) is 0 Å². The van der Waals surface area contributed by atoms with Gasteiger partial charge in [-0.2, -0.15) is 0 Å². The zero-order chi connectivity index (χ0) is 14.4. The summed E-state index contributed by atoms with van der Waals surface area (Å²) < 4.78 is 10.4. The zero-order valence-electron chi connectivity index (χ0n) is 10.9. The summed E-state index contributed by atoms with van der Waals surface area (Å²) in [6.07, 6.45) is -4.45. The van der Waals surface area contributed by atoms with Crippen LogP contribution in [-0.4, -0.2) is 70.1 Å². The van der Waals surface area contributed by atoms with Gasteiger partial charge in [-0.25, -0.2) is 0 Å². The molecule has 0 spiro atoms. The Kier molecular flexibility index (Phi) is 6.84. The summed E-state index contributed by atoms with van der Waals surface area (Å²) in [5.41, 5.74) is 0. The molecule has 7 heteroatoms. The maximum Gasteiger partial charge on any atom is 0.186 e. The first kappa shape index (κ1) is 16.5. The van der Waals surface area contributed by atoms with Crippen molar-refractivity contribution in [2.45, 2.75) is 56.9 Å². The average Bonchev–Trinajstić information content (AvgIpc) is 2.37. The van der Waals surface area contributed by atoms with Crippen LogP contribution in [0.1, 0.15) is 26.2 Å². The van der Waals surface area contributed by atoms with Gasteiger partial charge >= 0.3 is 0 Å². The van der Waals surface area contributed by atoms with E-state index in [9.17, 15) is 20.1 Å². The Balaban J connectivity index is 2.33. The van der Waals surface area contributed by atoms with Crippen molar-refractivity contribution in [1.82, 2.24) is 0 Å². The maximum atomic E-state index is 10.7. The summed E-state index contributed by atoms with van der Waals surface area (Å²) in [4.78, 5) is 10.7. The van der Waals surface area contributed by atoms with Gasteiger partial charge in [-0.05, 0) is 19.8 Å². The molecular formula is C12H22O7. The van der Waals surface area contributed by atoms with E-state index >= 15 is 0 Å². The van der Waals surface area contributed by atoms with Crippen molar-refractivity contribution in [1.29, 1.82) is 0 Å². The van der Waals surface area contributed by atoms with E-state index in [2.05, 4.69) is 0 Å². The minimum absolute atomic E-state index is 0.104. The van der Waals surface area contributed by atoms with Crippen LogP contribution in [0.25, 0.3) is 0 Å². The minimum Gasteiger partial charge on any atom is -0.394 e. The van der Waals surface area contributed by atoms with Gasteiger partial charge in [-0.1, -0.05) is 0 Å². The molecule has 0 radical (unpaired) electrons. The normalized spacial score (nSPS) is 35.3. The van der Waals surface area contributed by atoms with E-state index in [1.54, 1.807) is 0 Å². The second-order valence-corrected chi connectivity index (χ2v) is 4.73. The molecule has 4 unspecified atom stereocenters. The molecule has 5 atom stereocenters. The molecule has 1 fully saturated rings. The molecule has 0 aromatic carbocycles. The third-order valence-corrected chi connectivity index (χ3v) is 3.05. The third kappa shape index (κ3) is 4.79. The van der Waals surface area contributed by atoms with Gasteiger partial charge in [0, 0.05) is 13.0 Å². The molecule has 1 saturated heterocycles. The van der Waals surface area contributed by atoms with E-state index in [-0.39, 0.29) is 12.4 Å². The summed E-state index contributed by atoms with van der Waals surface area (Å²) in [5, 5.41) is 37.7. The Labute approximate surface area is 111 Å². The molecule has 0 aromatic rings. The highest BCUT2D eigenvalue weighted by molar-refractivity contribution is 5.75. The van der Waals surface area contributed by atoms with Crippen LogP contribution in [0.4, 0.5) is 0 Å². The Morgan fingerprint density at radius 2 is 1.84 bits per heavy atom. The first-order chi connectivity index (χ1) is 8.97. The number of ether oxygens (including phenoxy) is 2. The smallest absolute Gasteiger partial charge is 0.186 e. The SMILES string of the molecule is CC(=O)CCCCOC1OC(CO)[C@H](O)C(O)C1O. The number of hydrogen-bond acceptors (Lipinski definition) is 7. The van der Waals surface area contributed by atoms with Crippen molar-refractivity contribution in [2.24, 2.45) is 0 Å². The molecule has 1 rings (SSSR count). The van der Waals surface area contributed by atoms with Gasteiger partial charge in [-0.15, -0.1) is 0 Å². The molecule has 0 aromatic heterocycles. The van der Waals surface area contributed by atoms with Crippen molar-refractivity contribution in [3.63, 3.8) is 0 Å². The highest BCUT2D eigenvalue weighted by Gasteiger charge is 2.43. The molecule has 0 bridgehead atoms. The summed E-state index contributed by atoms with van der Waals surface area (Å²) in [6, 6.07) is 0. The monoisotopic (exact) mass is 278 g/mol. The molecule has 0 amide bonds. The molecule has 4 N–H and O–H groups in total. The number of carbonyl (C=O) groups excluding carboxylic acids is 1. The summed E-state index contributed by atoms with van der Waals surface area (Å²) in [7, 11) is 0. The van der Waals surface area contributed by atoms with Crippen molar-refractivity contribution in [2.75, 3.05) is 13.2 Å². The average molecular weight is 278 g/mol. The number of carbonyl (C=O) groups is 1. The standard InChI is InChI=1S/C12H22O7/c1-7(14)4-2-3-5-18-12-11(17)10(16)9(15)8(6-13)19-12/h8-13,15-17H,2-6H2,1H3/t8?,9-,10?,11?,12?/m0/s1. The van der Waals surface area contributed by atoms with E-state index in [1.165, 1.54) is 6.92 Å². The highest BCUT2D eigenvalue weighted by atomic mass is 16.7. The van der Waals surface area contributed by atoms with Crippen LogP contribution in [-0.2, 0) is 14.3 Å². The van der Waals surface area contributed by atoms with E-state index in [4.69, 9.17) is 14.6 Å². The van der Waals surface area contributed by atoms with Gasteiger partial charge < -0.3 is 34.7 Å². The minimum atomic E-state index is -1.42. The van der Waals surface area contributed by atoms with Gasteiger partial charge in [0.05, 0.1) is 6.61 Å². The van der Waals surface area contributed by atoms with E-state index in [0.717, 1.165) is 0 Å². The number of hydrogen-bond donors (Lipinski definition) is 4. The lowest BCUT2D eigenvalue weighted by Crippen LogP contribution is -2.59. The molecule has 7 nitrogen and oxygen atoms in total. The van der Waals surface area contributed by atoms with Gasteiger partial charge in [0.15, 0.2) is 6.29 Å². The van der Waals surface area contributed by atoms with E-state index in [1.807, 2.05) is 0 Å². The lowest BCUT2D eigenvalue weighted by Gasteiger charge is -2.39. The second kappa shape index (κ2) is 7.88. The summed E-state index contributed by atoms with van der Waals surface area (Å²) in [6.45, 7) is 1.30. The first-order valence-electron chi connectivity index (χ1n) is 6.39. The third-order valence-electron chi connectivity index (χ3n) is 3.05. The van der Waals surface area contributed by atoms with Crippen molar-refractivity contribution in [3.05, 3.63) is 0 Å². The fraction of sp³-hybridized carbons (Fsp3) is 0.917. The molecule has 1 aliphatic heterocycles. The Morgan fingerprint density at radius 1 is 1.16 bits per heavy atom. The molecule has 19 heavy (non-hydrogen) atoms. The lowest BCUT2D eigenvalue weighted by molar-refractivity contribution is -0.301. The number of rotatable bonds is 7. The van der Waals surface area contributed by atoms with Crippen LogP contribution in [0.5, 0.6) is 0 Å². The maximum absolute atomic E-state index is 10.7. The fourth-order valence-electron chi connectivity index (χ4n) is 1.88. The highest BCUT2D eigenvalue weighted by Crippen LogP contribution is 2.22. The Bertz CT molecular complexity index is 281. The quantitative estimate of drug-likeness (QED) is 0.421. The van der Waals surface area contributed by atoms with Gasteiger partial charge in [0.25, 0.3) is 0 Å². The molecule has 1 aliphatic rings. The first-order valence-corrected chi connectivity index (χ1v) is 6.39. The largest absolute Gasteiger partial charge is 0.394 e. The Morgan fingerprint density at radius 3 is 2.42 bits per heavy atom. The molecular weight excluding hydrogens is 256 g/mol. The van der Waals surface area contributed by atoms with Crippen LogP contribution >= 0.6 is 0 Å². The van der Waals surface area contributed by atoms with E-state index in [0.29, 0.717) is 19.3 Å². The number of aliphatic hydroxyl groups is 4. The van der Waals surface area contributed by atoms with Crippen LogP contribution in [0.2, 0.25) is 0 Å². The number of ketones is 1. The number of aliphatic hydroxyl groups excluding tert-OH is 4. The summed E-state index contributed by atoms with van der Waals surface area (Å²) >= 11 is 0. The number of unbranched alkanes of at least 4 members (excludes halogenated alkanes) is 1. The van der Waals surface area contributed by atoms with E-state index < -0.39 is 37.3 Å². The second-order valence-electron chi connectivity index (χ2n) is 4.73. The topological polar surface area (TPSA) is 116 Å². The van der Waals surface area contributed by atoms with Crippen LogP contribution < -0.4 is 0 Å². The number of Topliss-reactive ketones (excluding diaryl/α,β-unsaturated/α-hetero) is 1. The predicted molar refractivity (Wildman–Crippen MR) is 64.3 cm³/mol. The van der Waals surface area contributed by atoms with Crippen molar-refractivity contribution < 1.29 is 34.7 Å². The van der Waals surface area contributed by atoms with Gasteiger partial charge in [-0.3, -0.25) is 0 Å². The lowest BCUT2D eigenvalue weighted by atomic mass is 9.99. The molecule has 0 aliphatic carbocycles. The summed E-state index contributed by atoms with van der Waals surface area (Å²) in [5.74, 6) is 0.104. The van der Waals surface area contributed by atoms with Crippen molar-refractivity contribution >= 4 is 5.78 Å². The van der Waals surface area contributed by atoms with Crippen LogP contribution in [0.15, 0.2) is 0 Å². The molecule has 0 saturated carbocycles. The van der Waals surface area contributed by atoms with Gasteiger partial charge in [0.1, 0.15) is 30.2 Å². The predicted octanol–water partition coefficient (Wildman–Crippen LogP) is -1.44. The molecule has 1 heterocycles. The Hall–Kier alpha value is -0.570. The van der Waals surface area contributed by atoms with Crippen molar-refractivity contribution in [3.8, 4) is 0 Å². The van der Waals surface area contributed by atoms with Gasteiger partial charge in [0.2, 0.25) is 0 Å². The fourth-order valence-corrected chi connectivity index (χ4v) is 1.88. The van der Waals surface area contributed by atoms with Crippen LogP contribution in [0, 0.1) is 0 Å². The molecule has 112 valence electrons.